The molecule has 1 aromatic heterocycles. The van der Waals surface area contributed by atoms with Crippen LogP contribution in [0.25, 0.3) is 0 Å². The van der Waals surface area contributed by atoms with Gasteiger partial charge in [-0.1, -0.05) is 13.3 Å². The summed E-state index contributed by atoms with van der Waals surface area (Å²) in [6.45, 7) is 6.55. The maximum absolute atomic E-state index is 6.56. The van der Waals surface area contributed by atoms with Crippen molar-refractivity contribution in [2.45, 2.75) is 70.9 Å². The van der Waals surface area contributed by atoms with Crippen molar-refractivity contribution < 1.29 is 0 Å². The van der Waals surface area contributed by atoms with E-state index >= 15 is 0 Å². The van der Waals surface area contributed by atoms with E-state index in [1.807, 2.05) is 4.68 Å². The van der Waals surface area contributed by atoms with Crippen LogP contribution in [0.2, 0.25) is 0 Å². The summed E-state index contributed by atoms with van der Waals surface area (Å²) in [5.74, 6) is 1.92. The SMILES string of the molecule is CCC1CCC(N)(Cc2ncnn2C(C)C)CC1. The van der Waals surface area contributed by atoms with Crippen LogP contribution in [0.4, 0.5) is 0 Å². The highest BCUT2D eigenvalue weighted by Crippen LogP contribution is 2.34. The van der Waals surface area contributed by atoms with E-state index in [9.17, 15) is 0 Å². The van der Waals surface area contributed by atoms with Crippen LogP contribution in [-0.4, -0.2) is 20.3 Å². The van der Waals surface area contributed by atoms with Gasteiger partial charge >= 0.3 is 0 Å². The van der Waals surface area contributed by atoms with Crippen molar-refractivity contribution in [2.75, 3.05) is 0 Å². The first kappa shape index (κ1) is 13.5. The van der Waals surface area contributed by atoms with Crippen LogP contribution in [0.5, 0.6) is 0 Å². The molecule has 2 N–H and O–H groups in total. The van der Waals surface area contributed by atoms with Crippen LogP contribution in [0.1, 0.15) is 64.7 Å². The largest absolute Gasteiger partial charge is 0.325 e. The molecule has 102 valence electrons. The van der Waals surface area contributed by atoms with Gasteiger partial charge in [-0.3, -0.25) is 0 Å². The first-order valence-electron chi connectivity index (χ1n) is 7.21. The average molecular weight is 250 g/mol. The molecular formula is C14H26N4. The minimum atomic E-state index is -0.0641. The molecule has 1 aliphatic rings. The lowest BCUT2D eigenvalue weighted by Gasteiger charge is -2.36. The quantitative estimate of drug-likeness (QED) is 0.894. The Balaban J connectivity index is 2.02. The van der Waals surface area contributed by atoms with E-state index in [4.69, 9.17) is 5.73 Å². The van der Waals surface area contributed by atoms with Crippen molar-refractivity contribution in [3.05, 3.63) is 12.2 Å². The van der Waals surface area contributed by atoms with Gasteiger partial charge in [-0.25, -0.2) is 9.67 Å². The highest BCUT2D eigenvalue weighted by molar-refractivity contribution is 5.00. The Morgan fingerprint density at radius 1 is 1.44 bits per heavy atom. The molecule has 0 amide bonds. The molecule has 0 saturated heterocycles. The lowest BCUT2D eigenvalue weighted by atomic mass is 9.74. The van der Waals surface area contributed by atoms with Gasteiger partial charge in [0.2, 0.25) is 0 Å². The van der Waals surface area contributed by atoms with Crippen LogP contribution in [0.15, 0.2) is 6.33 Å². The lowest BCUT2D eigenvalue weighted by molar-refractivity contribution is 0.223. The summed E-state index contributed by atoms with van der Waals surface area (Å²) in [7, 11) is 0. The van der Waals surface area contributed by atoms with Gasteiger partial charge in [0.1, 0.15) is 12.2 Å². The molecule has 0 bridgehead atoms. The monoisotopic (exact) mass is 250 g/mol. The number of hydrogen-bond donors (Lipinski definition) is 1. The van der Waals surface area contributed by atoms with E-state index in [0.717, 1.165) is 31.0 Å². The van der Waals surface area contributed by atoms with Gasteiger partial charge in [0.15, 0.2) is 0 Å². The van der Waals surface area contributed by atoms with Crippen molar-refractivity contribution in [3.63, 3.8) is 0 Å². The predicted molar refractivity (Wildman–Crippen MR) is 73.3 cm³/mol. The summed E-state index contributed by atoms with van der Waals surface area (Å²) in [6, 6.07) is 0.359. The van der Waals surface area contributed by atoms with E-state index in [1.54, 1.807) is 6.33 Å². The van der Waals surface area contributed by atoms with Crippen molar-refractivity contribution in [2.24, 2.45) is 11.7 Å². The second-order valence-electron chi connectivity index (χ2n) is 6.11. The first-order chi connectivity index (χ1) is 8.54. The molecule has 4 nitrogen and oxygen atoms in total. The zero-order valence-corrected chi connectivity index (χ0v) is 11.9. The normalized spacial score (nSPS) is 28.8. The van der Waals surface area contributed by atoms with E-state index in [0.29, 0.717) is 6.04 Å². The van der Waals surface area contributed by atoms with Crippen LogP contribution < -0.4 is 5.73 Å². The molecule has 1 heterocycles. The number of nitrogens with two attached hydrogens (primary N) is 1. The highest BCUT2D eigenvalue weighted by Gasteiger charge is 2.32. The molecule has 2 rings (SSSR count). The molecule has 0 unspecified atom stereocenters. The third-order valence-corrected chi connectivity index (χ3v) is 4.32. The zero-order chi connectivity index (χ0) is 13.2. The van der Waals surface area contributed by atoms with E-state index < -0.39 is 0 Å². The second-order valence-corrected chi connectivity index (χ2v) is 6.11. The second kappa shape index (κ2) is 5.39. The summed E-state index contributed by atoms with van der Waals surface area (Å²) in [5, 5.41) is 4.29. The van der Waals surface area contributed by atoms with Gasteiger partial charge in [-0.2, -0.15) is 5.10 Å². The summed E-state index contributed by atoms with van der Waals surface area (Å²) in [4.78, 5) is 4.39. The molecule has 1 aliphatic carbocycles. The third kappa shape index (κ3) is 2.91. The number of hydrogen-bond acceptors (Lipinski definition) is 3. The molecule has 0 radical (unpaired) electrons. The van der Waals surface area contributed by atoms with E-state index in [-0.39, 0.29) is 5.54 Å². The number of rotatable bonds is 4. The molecule has 4 heteroatoms. The van der Waals surface area contributed by atoms with Gasteiger partial charge in [0.25, 0.3) is 0 Å². The third-order valence-electron chi connectivity index (χ3n) is 4.32. The van der Waals surface area contributed by atoms with E-state index in [2.05, 4.69) is 30.9 Å². The van der Waals surface area contributed by atoms with Crippen LogP contribution >= 0.6 is 0 Å². The fourth-order valence-electron chi connectivity index (χ4n) is 2.98. The van der Waals surface area contributed by atoms with Crippen molar-refractivity contribution in [3.8, 4) is 0 Å². The van der Waals surface area contributed by atoms with Gasteiger partial charge in [-0.05, 0) is 45.4 Å². The zero-order valence-electron chi connectivity index (χ0n) is 11.9. The Bertz CT molecular complexity index is 375. The van der Waals surface area contributed by atoms with E-state index in [1.165, 1.54) is 19.3 Å². The smallest absolute Gasteiger partial charge is 0.138 e. The van der Waals surface area contributed by atoms with Crippen LogP contribution in [0.3, 0.4) is 0 Å². The average Bonchev–Trinajstić information content (AvgIpc) is 2.78. The predicted octanol–water partition coefficient (Wildman–Crippen LogP) is 2.70. The molecular weight excluding hydrogens is 224 g/mol. The van der Waals surface area contributed by atoms with Crippen molar-refractivity contribution in [1.29, 1.82) is 0 Å². The molecule has 0 spiro atoms. The summed E-state index contributed by atoms with van der Waals surface area (Å²) < 4.78 is 2.00. The van der Waals surface area contributed by atoms with Gasteiger partial charge in [-0.15, -0.1) is 0 Å². The number of nitrogens with zero attached hydrogens (tertiary/aromatic N) is 3. The fraction of sp³-hybridized carbons (Fsp3) is 0.857. The maximum atomic E-state index is 6.56. The molecule has 0 atom stereocenters. The molecule has 1 aromatic rings. The van der Waals surface area contributed by atoms with Crippen LogP contribution in [-0.2, 0) is 6.42 Å². The molecule has 18 heavy (non-hydrogen) atoms. The lowest BCUT2D eigenvalue weighted by Crippen LogP contribution is -2.46. The standard InChI is InChI=1S/C14H26N4/c1-4-12-5-7-14(15,8-6-12)9-13-16-10-17-18(13)11(2)3/h10-12H,4-9,15H2,1-3H3. The summed E-state index contributed by atoms with van der Waals surface area (Å²) >= 11 is 0. The van der Waals surface area contributed by atoms with Gasteiger partial charge in [0, 0.05) is 18.0 Å². The molecule has 0 aromatic carbocycles. The Morgan fingerprint density at radius 3 is 2.67 bits per heavy atom. The van der Waals surface area contributed by atoms with Crippen molar-refractivity contribution >= 4 is 0 Å². The number of aromatic nitrogens is 3. The van der Waals surface area contributed by atoms with Crippen molar-refractivity contribution in [1.82, 2.24) is 14.8 Å². The van der Waals surface area contributed by atoms with Gasteiger partial charge < -0.3 is 5.73 Å². The summed E-state index contributed by atoms with van der Waals surface area (Å²) in [5.41, 5.74) is 6.49. The Morgan fingerprint density at radius 2 is 2.11 bits per heavy atom. The maximum Gasteiger partial charge on any atom is 0.138 e. The minimum absolute atomic E-state index is 0.0641. The Labute approximate surface area is 110 Å². The summed E-state index contributed by atoms with van der Waals surface area (Å²) in [6.07, 6.45) is 8.58. The van der Waals surface area contributed by atoms with Gasteiger partial charge in [0.05, 0.1) is 0 Å². The molecule has 0 aliphatic heterocycles. The Kier molecular flexibility index (Phi) is 4.05. The molecule has 1 saturated carbocycles. The first-order valence-corrected chi connectivity index (χ1v) is 7.21. The Hall–Kier alpha value is -0.900. The fourth-order valence-corrected chi connectivity index (χ4v) is 2.98. The van der Waals surface area contributed by atoms with Crippen LogP contribution in [0, 0.1) is 5.92 Å². The minimum Gasteiger partial charge on any atom is -0.325 e. The highest BCUT2D eigenvalue weighted by atomic mass is 15.3. The topological polar surface area (TPSA) is 56.7 Å². The molecule has 1 fully saturated rings.